The van der Waals surface area contributed by atoms with Gasteiger partial charge < -0.3 is 55.3 Å². The number of ether oxygens (including phenoxy) is 1. The minimum Gasteiger partial charge on any atom is -0.436 e. The molecule has 68 heavy (non-hydrogen) atoms. The molecule has 6 rings (SSSR count). The summed E-state index contributed by atoms with van der Waals surface area (Å²) in [5.74, 6) is -1.93. The van der Waals surface area contributed by atoms with Crippen LogP contribution in [0.2, 0.25) is 0 Å². The number of fused-ring (bicyclic) bond motifs is 2. The number of phosphoric acid groups is 3. The van der Waals surface area contributed by atoms with Crippen LogP contribution in [-0.4, -0.2) is 128 Å². The zero-order valence-electron chi connectivity index (χ0n) is 35.9. The summed E-state index contributed by atoms with van der Waals surface area (Å²) in [4.78, 5) is 93.7. The van der Waals surface area contributed by atoms with Crippen molar-refractivity contribution in [3.05, 3.63) is 66.5 Å². The molecule has 370 valence electrons. The van der Waals surface area contributed by atoms with Crippen LogP contribution in [-0.2, 0) is 50.7 Å². The number of nitrogens with one attached hydrogen (secondary N) is 2. The maximum Gasteiger partial charge on any atom is 0.481 e. The lowest BCUT2D eigenvalue weighted by Crippen LogP contribution is -2.46. The summed E-state index contributed by atoms with van der Waals surface area (Å²) in [7, 11) is -16.5. The van der Waals surface area contributed by atoms with E-state index in [0.29, 0.717) is 28.1 Å². The molecule has 1 aliphatic rings. The standard InChI is InChI=1S/C37H46FN8O18P3S/c1-19(21-6-9-24-23(14-21)45-34(61-24)20-4-7-22(38)8-5-20)36(51)68-13-12-40-26(47)10-11-41-33(50)30(49)37(2,3)16-60-67(57,58)64-66(55,56)59-15-25-29(63-65(52,53)54)28(48)35(62-25)46-18-44-27-31(39)42-17-43-32(27)46/h4-9,14,17-19,25,28-30,35,48-49H,10-13,15-16H2,1-3H3,(H,40,47)(H,41,50)(H,55,56)(H,57,58)(H2,39,42,43)(H2,52,53,54)/t19-,25?,28?,29?,30?,35?/m0/s1. The van der Waals surface area contributed by atoms with Crippen molar-refractivity contribution in [1.29, 1.82) is 0 Å². The van der Waals surface area contributed by atoms with E-state index < -0.39 is 96.3 Å². The number of hydrogen-bond acceptors (Lipinski definition) is 20. The van der Waals surface area contributed by atoms with Crippen LogP contribution in [0, 0.1) is 11.2 Å². The first-order chi connectivity index (χ1) is 31.8. The molecule has 0 bridgehead atoms. The number of amides is 2. The second-order valence-corrected chi connectivity index (χ2v) is 21.0. The van der Waals surface area contributed by atoms with Gasteiger partial charge >= 0.3 is 23.5 Å². The van der Waals surface area contributed by atoms with E-state index in [-0.39, 0.29) is 47.4 Å². The molecule has 2 amide bonds. The fourth-order valence-corrected chi connectivity index (χ4v) is 10.1. The van der Waals surface area contributed by atoms with Crippen molar-refractivity contribution in [2.24, 2.45) is 5.41 Å². The maximum absolute atomic E-state index is 13.3. The molecule has 7 unspecified atom stereocenters. The van der Waals surface area contributed by atoms with Gasteiger partial charge in [0.15, 0.2) is 28.4 Å². The molecule has 1 saturated heterocycles. The van der Waals surface area contributed by atoms with Gasteiger partial charge in [-0.2, -0.15) is 4.31 Å². The first kappa shape index (κ1) is 52.8. The quantitative estimate of drug-likeness (QED) is 0.0355. The van der Waals surface area contributed by atoms with Crippen molar-refractivity contribution in [3.8, 4) is 11.5 Å². The smallest absolute Gasteiger partial charge is 0.436 e. The number of anilines is 1. The Labute approximate surface area is 388 Å². The first-order valence-corrected chi connectivity index (χ1v) is 25.6. The average Bonchev–Trinajstić information content (AvgIpc) is 3.98. The highest BCUT2D eigenvalue weighted by Gasteiger charge is 2.50. The van der Waals surface area contributed by atoms with E-state index in [1.54, 1.807) is 37.3 Å². The van der Waals surface area contributed by atoms with E-state index in [1.165, 1.54) is 26.0 Å². The van der Waals surface area contributed by atoms with Crippen LogP contribution in [0.1, 0.15) is 44.9 Å². The van der Waals surface area contributed by atoms with Gasteiger partial charge in [-0.15, -0.1) is 0 Å². The highest BCUT2D eigenvalue weighted by Crippen LogP contribution is 2.61. The molecular weight excluding hydrogens is 988 g/mol. The lowest BCUT2D eigenvalue weighted by Gasteiger charge is -2.30. The van der Waals surface area contributed by atoms with E-state index in [1.807, 2.05) is 0 Å². The predicted octanol–water partition coefficient (Wildman–Crippen LogP) is 2.42. The molecule has 10 N–H and O–H groups in total. The van der Waals surface area contributed by atoms with Crippen LogP contribution < -0.4 is 16.4 Å². The third-order valence-corrected chi connectivity index (χ3v) is 14.2. The number of imidazole rings is 1. The Kier molecular flexibility index (Phi) is 16.7. The summed E-state index contributed by atoms with van der Waals surface area (Å²) in [5, 5.41) is 26.4. The largest absolute Gasteiger partial charge is 0.481 e. The van der Waals surface area contributed by atoms with Crippen molar-refractivity contribution in [1.82, 2.24) is 35.1 Å². The zero-order chi connectivity index (χ0) is 49.8. The monoisotopic (exact) mass is 1030 g/mol. The van der Waals surface area contributed by atoms with E-state index >= 15 is 0 Å². The lowest BCUT2D eigenvalue weighted by atomic mass is 9.87. The van der Waals surface area contributed by atoms with Gasteiger partial charge in [0, 0.05) is 36.2 Å². The van der Waals surface area contributed by atoms with Crippen molar-refractivity contribution < 1.29 is 89.3 Å². The number of halogens is 1. The fourth-order valence-electron chi connectivity index (χ4n) is 6.47. The third kappa shape index (κ3) is 13.6. The number of oxazole rings is 1. The number of nitrogens with zero attached hydrogens (tertiary/aromatic N) is 5. The van der Waals surface area contributed by atoms with Crippen LogP contribution in [0.25, 0.3) is 33.7 Å². The molecule has 0 radical (unpaired) electrons. The summed E-state index contributed by atoms with van der Waals surface area (Å²) in [5.41, 5.74) is 6.51. The summed E-state index contributed by atoms with van der Waals surface area (Å²) in [6.45, 7) is 2.01. The lowest BCUT2D eigenvalue weighted by molar-refractivity contribution is -0.137. The molecule has 4 heterocycles. The van der Waals surface area contributed by atoms with Gasteiger partial charge in [0.2, 0.25) is 17.7 Å². The second kappa shape index (κ2) is 21.6. The van der Waals surface area contributed by atoms with E-state index in [2.05, 4.69) is 39.4 Å². The second-order valence-electron chi connectivity index (χ2n) is 15.7. The van der Waals surface area contributed by atoms with Crippen LogP contribution in [0.4, 0.5) is 10.2 Å². The molecule has 1 fully saturated rings. The Morgan fingerprint density at radius 1 is 1.00 bits per heavy atom. The number of aliphatic hydroxyl groups excluding tert-OH is 2. The molecule has 0 saturated carbocycles. The summed E-state index contributed by atoms with van der Waals surface area (Å²) in [6.07, 6.45) is -7.09. The third-order valence-electron chi connectivity index (χ3n) is 10.1. The molecule has 0 aliphatic carbocycles. The number of hydrogen-bond donors (Lipinski definition) is 9. The molecule has 2 aromatic carbocycles. The summed E-state index contributed by atoms with van der Waals surface area (Å²) in [6, 6.07) is 10.8. The van der Waals surface area contributed by atoms with Gasteiger partial charge in [0.1, 0.15) is 47.6 Å². The van der Waals surface area contributed by atoms with Crippen LogP contribution >= 0.6 is 35.2 Å². The van der Waals surface area contributed by atoms with Gasteiger partial charge in [-0.25, -0.2) is 38.0 Å². The van der Waals surface area contributed by atoms with E-state index in [9.17, 15) is 62.3 Å². The van der Waals surface area contributed by atoms with Gasteiger partial charge in [-0.1, -0.05) is 38.6 Å². The number of thioether (sulfide) groups is 1. The number of benzene rings is 2. The average molecular weight is 1030 g/mol. The fraction of sp³-hybridized carbons (Fsp3) is 0.432. The van der Waals surface area contributed by atoms with Crippen LogP contribution in [0.15, 0.2) is 59.5 Å². The Hall–Kier alpha value is -4.60. The first-order valence-electron chi connectivity index (χ1n) is 20.0. The number of nitrogen functional groups attached to an aromatic ring is 1. The van der Waals surface area contributed by atoms with Gasteiger partial charge in [-0.3, -0.25) is 32.5 Å². The Bertz CT molecular complexity index is 2780. The summed E-state index contributed by atoms with van der Waals surface area (Å²) >= 11 is 1.00. The molecule has 0 spiro atoms. The number of phosphoric ester groups is 3. The van der Waals surface area contributed by atoms with Crippen molar-refractivity contribution in [3.63, 3.8) is 0 Å². The normalized spacial score (nSPS) is 20.4. The Balaban J connectivity index is 0.901. The van der Waals surface area contributed by atoms with Crippen molar-refractivity contribution in [2.45, 2.75) is 63.8 Å². The van der Waals surface area contributed by atoms with Gasteiger partial charge in [0.25, 0.3) is 0 Å². The molecule has 3 aromatic heterocycles. The Morgan fingerprint density at radius 2 is 1.71 bits per heavy atom. The van der Waals surface area contributed by atoms with Crippen molar-refractivity contribution in [2.75, 3.05) is 37.8 Å². The highest BCUT2D eigenvalue weighted by atomic mass is 32.2. The van der Waals surface area contributed by atoms with E-state index in [0.717, 1.165) is 29.0 Å². The minimum atomic E-state index is -5.60. The zero-order valence-corrected chi connectivity index (χ0v) is 39.4. The summed E-state index contributed by atoms with van der Waals surface area (Å²) < 4.78 is 81.5. The number of carbonyl (C=O) groups excluding carboxylic acids is 3. The Morgan fingerprint density at radius 3 is 2.41 bits per heavy atom. The van der Waals surface area contributed by atoms with Crippen molar-refractivity contribution >= 4 is 80.2 Å². The molecule has 1 aliphatic heterocycles. The molecule has 8 atom stereocenters. The number of rotatable bonds is 22. The molecule has 26 nitrogen and oxygen atoms in total. The number of aromatic nitrogens is 5. The number of aliphatic hydroxyl groups is 2. The molecular formula is C37H46FN8O18P3S. The topological polar surface area (TPSA) is 390 Å². The number of carbonyl (C=O) groups is 3. The van der Waals surface area contributed by atoms with Gasteiger partial charge in [0.05, 0.1) is 25.5 Å². The number of nitrogens with two attached hydrogens (primary N) is 1. The van der Waals surface area contributed by atoms with Crippen LogP contribution in [0.5, 0.6) is 0 Å². The van der Waals surface area contributed by atoms with E-state index in [4.69, 9.17) is 23.9 Å². The maximum atomic E-state index is 13.3. The predicted molar refractivity (Wildman–Crippen MR) is 235 cm³/mol. The minimum absolute atomic E-state index is 0.0202. The molecule has 5 aromatic rings. The highest BCUT2D eigenvalue weighted by molar-refractivity contribution is 8.13. The molecule has 31 heteroatoms. The van der Waals surface area contributed by atoms with Gasteiger partial charge in [-0.05, 0) is 42.0 Å². The van der Waals surface area contributed by atoms with Crippen LogP contribution in [0.3, 0.4) is 0 Å². The SMILES string of the molecule is C[C@H](C(=O)SCCNC(=O)CCNC(=O)C(O)C(C)(C)COP(=O)(O)OP(=O)(O)OCC1OC(n2cnc3c(N)ncnc32)C(O)C1OP(=O)(O)O)c1ccc2oc(-c3ccc(F)cc3)nc2c1.